The van der Waals surface area contributed by atoms with Crippen molar-refractivity contribution in [1.29, 1.82) is 0 Å². The number of anilines is 1. The topological polar surface area (TPSA) is 54.9 Å². The molecule has 1 amide bonds. The number of hydrogen-bond acceptors (Lipinski definition) is 3. The van der Waals surface area contributed by atoms with Crippen LogP contribution in [0.25, 0.3) is 0 Å². The summed E-state index contributed by atoms with van der Waals surface area (Å²) in [6, 6.07) is 9.37. The van der Waals surface area contributed by atoms with Gasteiger partial charge in [0.05, 0.1) is 11.9 Å². The Bertz CT molecular complexity index is 726. The van der Waals surface area contributed by atoms with Gasteiger partial charge in [-0.05, 0) is 43.0 Å². The number of amides is 1. The lowest BCUT2D eigenvalue weighted by Crippen LogP contribution is -2.28. The van der Waals surface area contributed by atoms with E-state index in [4.69, 9.17) is 0 Å². The summed E-state index contributed by atoms with van der Waals surface area (Å²) in [7, 11) is 0. The Balaban J connectivity index is 1.74. The van der Waals surface area contributed by atoms with Gasteiger partial charge in [0.15, 0.2) is 0 Å². The Kier molecular flexibility index (Phi) is 5.22. The molecule has 4 nitrogen and oxygen atoms in total. The molecule has 24 heavy (non-hydrogen) atoms. The number of nitrogens with zero attached hydrogens (tertiary/aromatic N) is 2. The second kappa shape index (κ2) is 7.74. The van der Waals surface area contributed by atoms with Gasteiger partial charge in [0, 0.05) is 24.2 Å². The van der Waals surface area contributed by atoms with Crippen molar-refractivity contribution >= 4 is 11.6 Å². The molecule has 0 aliphatic heterocycles. The third-order valence-electron chi connectivity index (χ3n) is 4.38. The summed E-state index contributed by atoms with van der Waals surface area (Å²) >= 11 is 0. The molecule has 2 aromatic heterocycles. The zero-order valence-electron chi connectivity index (χ0n) is 13.7. The molecule has 3 rings (SSSR count). The molecule has 0 spiro atoms. The van der Waals surface area contributed by atoms with Crippen LogP contribution in [0.15, 0.2) is 48.9 Å². The minimum atomic E-state index is -0.248. The molecule has 4 heteroatoms. The Morgan fingerprint density at radius 3 is 2.71 bits per heavy atom. The third-order valence-corrected chi connectivity index (χ3v) is 4.38. The summed E-state index contributed by atoms with van der Waals surface area (Å²) in [6.45, 7) is 0. The van der Waals surface area contributed by atoms with Crippen LogP contribution in [-0.2, 0) is 4.79 Å². The maximum Gasteiger partial charge on any atom is 0.225 e. The van der Waals surface area contributed by atoms with Crippen molar-refractivity contribution < 1.29 is 4.79 Å². The zero-order chi connectivity index (χ0) is 16.7. The summed E-state index contributed by atoms with van der Waals surface area (Å²) < 4.78 is 0. The van der Waals surface area contributed by atoms with E-state index in [0.29, 0.717) is 6.42 Å². The molecule has 1 N–H and O–H groups in total. The average molecular weight is 319 g/mol. The molecule has 0 saturated heterocycles. The van der Waals surface area contributed by atoms with Crippen LogP contribution in [-0.4, -0.2) is 15.9 Å². The maximum absolute atomic E-state index is 12.5. The van der Waals surface area contributed by atoms with Crippen molar-refractivity contribution in [2.45, 2.75) is 38.5 Å². The highest BCUT2D eigenvalue weighted by Gasteiger charge is 2.32. The molecular formula is C20H21N3O. The predicted molar refractivity (Wildman–Crippen MR) is 94.1 cm³/mol. The van der Waals surface area contributed by atoms with Crippen molar-refractivity contribution in [2.75, 3.05) is 5.32 Å². The fourth-order valence-corrected chi connectivity index (χ4v) is 3.16. The first kappa shape index (κ1) is 16.2. The number of pyridine rings is 2. The van der Waals surface area contributed by atoms with Gasteiger partial charge in [-0.2, -0.15) is 0 Å². The van der Waals surface area contributed by atoms with Crippen molar-refractivity contribution in [3.05, 3.63) is 54.6 Å². The monoisotopic (exact) mass is 319 g/mol. The number of hydrogen-bond donors (Lipinski definition) is 1. The molecule has 1 aliphatic rings. The molecule has 0 radical (unpaired) electrons. The van der Waals surface area contributed by atoms with Gasteiger partial charge in [-0.3, -0.25) is 9.78 Å². The lowest BCUT2D eigenvalue weighted by Gasteiger charge is -2.31. The molecule has 122 valence electrons. The molecule has 0 bridgehead atoms. The SMILES string of the molecule is O=C(CC1(C#Cc2ccccn2)CCCCC1)Nc1cccnc1. The Labute approximate surface area is 142 Å². The van der Waals surface area contributed by atoms with Crippen LogP contribution in [0.4, 0.5) is 5.69 Å². The average Bonchev–Trinajstić information content (AvgIpc) is 2.62. The molecule has 1 saturated carbocycles. The first-order valence-corrected chi connectivity index (χ1v) is 8.40. The maximum atomic E-state index is 12.5. The molecular weight excluding hydrogens is 298 g/mol. The Hall–Kier alpha value is -2.67. The van der Waals surface area contributed by atoms with E-state index >= 15 is 0 Å². The Morgan fingerprint density at radius 1 is 1.12 bits per heavy atom. The highest BCUT2D eigenvalue weighted by molar-refractivity contribution is 5.91. The molecule has 1 fully saturated rings. The summed E-state index contributed by atoms with van der Waals surface area (Å²) in [5, 5.41) is 2.93. The number of nitrogens with one attached hydrogen (secondary N) is 1. The molecule has 0 unspecified atom stereocenters. The van der Waals surface area contributed by atoms with Crippen LogP contribution >= 0.6 is 0 Å². The minimum absolute atomic E-state index is 0.000205. The largest absolute Gasteiger partial charge is 0.325 e. The van der Waals surface area contributed by atoms with Gasteiger partial charge in [0.25, 0.3) is 0 Å². The van der Waals surface area contributed by atoms with Gasteiger partial charge in [-0.15, -0.1) is 0 Å². The fraction of sp³-hybridized carbons (Fsp3) is 0.350. The normalized spacial score (nSPS) is 15.8. The molecule has 0 aromatic carbocycles. The number of carbonyl (C=O) groups excluding carboxylic acids is 1. The van der Waals surface area contributed by atoms with Crippen LogP contribution in [0.3, 0.4) is 0 Å². The number of rotatable bonds is 3. The van der Waals surface area contributed by atoms with E-state index in [-0.39, 0.29) is 11.3 Å². The van der Waals surface area contributed by atoms with Crippen molar-refractivity contribution in [3.8, 4) is 11.8 Å². The Morgan fingerprint density at radius 2 is 2.00 bits per heavy atom. The van der Waals surface area contributed by atoms with Crippen LogP contribution in [0.5, 0.6) is 0 Å². The molecule has 2 aromatic rings. The van der Waals surface area contributed by atoms with E-state index in [0.717, 1.165) is 37.1 Å². The van der Waals surface area contributed by atoms with Gasteiger partial charge in [0.1, 0.15) is 5.69 Å². The first-order chi connectivity index (χ1) is 11.8. The predicted octanol–water partition coefficient (Wildman–Crippen LogP) is 3.81. The van der Waals surface area contributed by atoms with Crippen molar-refractivity contribution in [1.82, 2.24) is 9.97 Å². The van der Waals surface area contributed by atoms with E-state index in [1.165, 1.54) is 6.42 Å². The van der Waals surface area contributed by atoms with Gasteiger partial charge in [-0.25, -0.2) is 4.98 Å². The van der Waals surface area contributed by atoms with Crippen molar-refractivity contribution in [2.24, 2.45) is 5.41 Å². The summed E-state index contributed by atoms with van der Waals surface area (Å²) in [6.07, 6.45) is 10.9. The second-order valence-electron chi connectivity index (χ2n) is 6.27. The fourth-order valence-electron chi connectivity index (χ4n) is 3.16. The molecule has 1 aliphatic carbocycles. The van der Waals surface area contributed by atoms with Gasteiger partial charge >= 0.3 is 0 Å². The van der Waals surface area contributed by atoms with E-state index in [1.54, 1.807) is 18.6 Å². The van der Waals surface area contributed by atoms with E-state index in [2.05, 4.69) is 27.1 Å². The zero-order valence-corrected chi connectivity index (χ0v) is 13.7. The van der Waals surface area contributed by atoms with Crippen LogP contribution < -0.4 is 5.32 Å². The van der Waals surface area contributed by atoms with Crippen LogP contribution in [0.2, 0.25) is 0 Å². The minimum Gasteiger partial charge on any atom is -0.325 e. The van der Waals surface area contributed by atoms with E-state index < -0.39 is 0 Å². The smallest absolute Gasteiger partial charge is 0.225 e. The van der Waals surface area contributed by atoms with Crippen LogP contribution in [0, 0.1) is 17.3 Å². The van der Waals surface area contributed by atoms with E-state index in [9.17, 15) is 4.79 Å². The molecule has 2 heterocycles. The summed E-state index contributed by atoms with van der Waals surface area (Å²) in [5.41, 5.74) is 1.24. The van der Waals surface area contributed by atoms with Gasteiger partial charge < -0.3 is 5.32 Å². The third kappa shape index (κ3) is 4.42. The molecule has 0 atom stereocenters. The highest BCUT2D eigenvalue weighted by atomic mass is 16.1. The first-order valence-electron chi connectivity index (χ1n) is 8.40. The highest BCUT2D eigenvalue weighted by Crippen LogP contribution is 2.39. The summed E-state index contributed by atoms with van der Waals surface area (Å²) in [5.74, 6) is 6.55. The van der Waals surface area contributed by atoms with E-state index in [1.807, 2.05) is 30.3 Å². The quantitative estimate of drug-likeness (QED) is 0.875. The van der Waals surface area contributed by atoms with Crippen LogP contribution in [0.1, 0.15) is 44.2 Å². The summed E-state index contributed by atoms with van der Waals surface area (Å²) in [4.78, 5) is 20.8. The van der Waals surface area contributed by atoms with Gasteiger partial charge in [-0.1, -0.05) is 31.2 Å². The lowest BCUT2D eigenvalue weighted by atomic mass is 9.72. The second-order valence-corrected chi connectivity index (χ2v) is 6.27. The lowest BCUT2D eigenvalue weighted by molar-refractivity contribution is -0.118. The van der Waals surface area contributed by atoms with Gasteiger partial charge in [0.2, 0.25) is 5.91 Å². The number of carbonyl (C=O) groups is 1. The number of aromatic nitrogens is 2. The standard InChI is InChI=1S/C20H21N3O/c24-19(23-18-8-6-13-21-16-18)15-20(10-3-1-4-11-20)12-9-17-7-2-5-14-22-17/h2,5-8,13-14,16H,1,3-4,10-11,15H2,(H,23,24). The van der Waals surface area contributed by atoms with Crippen molar-refractivity contribution in [3.63, 3.8) is 0 Å².